The molecule has 176 valence electrons. The number of benzene rings is 5. The van der Waals surface area contributed by atoms with Gasteiger partial charge in [-0.1, -0.05) is 108 Å². The first-order chi connectivity index (χ1) is 17.5. The molecule has 0 nitrogen and oxygen atoms in total. The number of hydrogen-bond acceptors (Lipinski definition) is 0. The van der Waals surface area contributed by atoms with Gasteiger partial charge in [0.1, 0.15) is 0 Å². The molecular weight excluding hydrogens is 453 g/mol. The minimum absolute atomic E-state index is 0.515. The largest absolute Gasteiger partial charge is 0.416 e. The molecule has 5 aromatic rings. The highest BCUT2D eigenvalue weighted by atomic mass is 19.4. The topological polar surface area (TPSA) is 0 Å². The van der Waals surface area contributed by atoms with Crippen molar-refractivity contribution in [2.24, 2.45) is 0 Å². The molecule has 5 rings (SSSR count). The van der Waals surface area contributed by atoms with Crippen molar-refractivity contribution in [2.75, 3.05) is 0 Å². The minimum Gasteiger partial charge on any atom is -0.166 e. The molecule has 0 saturated heterocycles. The fourth-order valence-electron chi connectivity index (χ4n) is 4.50. The van der Waals surface area contributed by atoms with Gasteiger partial charge in [-0.15, -0.1) is 0 Å². The van der Waals surface area contributed by atoms with Crippen LogP contribution in [0.4, 0.5) is 13.2 Å². The summed E-state index contributed by atoms with van der Waals surface area (Å²) in [5.41, 5.74) is 3.78. The van der Waals surface area contributed by atoms with E-state index in [4.69, 9.17) is 0 Å². The van der Waals surface area contributed by atoms with Crippen LogP contribution in [0.2, 0.25) is 0 Å². The van der Waals surface area contributed by atoms with Crippen molar-refractivity contribution in [2.45, 2.75) is 6.18 Å². The van der Waals surface area contributed by atoms with Crippen molar-refractivity contribution in [3.63, 3.8) is 0 Å². The van der Waals surface area contributed by atoms with E-state index in [2.05, 4.69) is 0 Å². The molecule has 0 bridgehead atoms. The third-order valence-corrected chi connectivity index (χ3v) is 6.09. The lowest BCUT2D eigenvalue weighted by molar-refractivity contribution is -0.137. The monoisotopic (exact) mass is 476 g/mol. The van der Waals surface area contributed by atoms with E-state index in [0.29, 0.717) is 11.1 Å². The Morgan fingerprint density at radius 3 is 1.28 bits per heavy atom. The molecule has 0 fully saturated rings. The Morgan fingerprint density at radius 1 is 0.444 bits per heavy atom. The van der Waals surface area contributed by atoms with Gasteiger partial charge in [0.05, 0.1) is 22.6 Å². The molecule has 0 aliphatic rings. The SMILES string of the molecule is FC(F)(F)c1cc([C+](c2ccccc2)c2ccccc2)cc([C-](c2ccccc2)c2ccccc2)c1. The zero-order chi connectivity index (χ0) is 25.0. The maximum atomic E-state index is 14.3. The van der Waals surface area contributed by atoms with Crippen LogP contribution in [0.15, 0.2) is 140 Å². The average Bonchev–Trinajstić information content (AvgIpc) is 2.91. The van der Waals surface area contributed by atoms with E-state index >= 15 is 0 Å². The molecular formula is C33H23F3. The van der Waals surface area contributed by atoms with Crippen molar-refractivity contribution in [1.82, 2.24) is 0 Å². The second-order valence-electron chi connectivity index (χ2n) is 8.51. The third-order valence-electron chi connectivity index (χ3n) is 6.09. The minimum atomic E-state index is -4.50. The lowest BCUT2D eigenvalue weighted by Crippen LogP contribution is -2.13. The van der Waals surface area contributed by atoms with Gasteiger partial charge in [-0.3, -0.25) is 0 Å². The van der Waals surface area contributed by atoms with Crippen molar-refractivity contribution in [3.05, 3.63) is 190 Å². The van der Waals surface area contributed by atoms with E-state index in [1.54, 1.807) is 0 Å². The highest BCUT2D eigenvalue weighted by Crippen LogP contribution is 2.40. The summed E-state index contributed by atoms with van der Waals surface area (Å²) in [5.74, 6) is 1.51. The van der Waals surface area contributed by atoms with E-state index in [-0.39, 0.29) is 0 Å². The zero-order valence-corrected chi connectivity index (χ0v) is 19.4. The molecule has 0 amide bonds. The van der Waals surface area contributed by atoms with E-state index in [0.717, 1.165) is 34.1 Å². The summed E-state index contributed by atoms with van der Waals surface area (Å²) in [6.45, 7) is 0. The van der Waals surface area contributed by atoms with Gasteiger partial charge in [-0.05, 0) is 54.6 Å². The third kappa shape index (κ3) is 5.01. The second kappa shape index (κ2) is 10.1. The molecule has 0 spiro atoms. The van der Waals surface area contributed by atoms with Crippen LogP contribution in [0.1, 0.15) is 38.9 Å². The van der Waals surface area contributed by atoms with Crippen molar-refractivity contribution in [3.8, 4) is 0 Å². The zero-order valence-electron chi connectivity index (χ0n) is 19.4. The van der Waals surface area contributed by atoms with Crippen molar-refractivity contribution in [1.29, 1.82) is 0 Å². The fourth-order valence-corrected chi connectivity index (χ4v) is 4.50. The van der Waals surface area contributed by atoms with Gasteiger partial charge in [0, 0.05) is 5.56 Å². The van der Waals surface area contributed by atoms with Crippen LogP contribution >= 0.6 is 0 Å². The molecule has 0 unspecified atom stereocenters. The lowest BCUT2D eigenvalue weighted by Gasteiger charge is -2.27. The van der Waals surface area contributed by atoms with Gasteiger partial charge >= 0.3 is 6.18 Å². The smallest absolute Gasteiger partial charge is 0.166 e. The van der Waals surface area contributed by atoms with Gasteiger partial charge in [0.2, 0.25) is 0 Å². The van der Waals surface area contributed by atoms with Gasteiger partial charge in [0.25, 0.3) is 0 Å². The molecule has 0 aliphatic carbocycles. The summed E-state index contributed by atoms with van der Waals surface area (Å²) < 4.78 is 42.8. The van der Waals surface area contributed by atoms with E-state index < -0.39 is 11.7 Å². The Hall–Kier alpha value is -4.37. The summed E-state index contributed by atoms with van der Waals surface area (Å²) >= 11 is 0. The normalized spacial score (nSPS) is 11.2. The molecule has 3 heteroatoms. The van der Waals surface area contributed by atoms with Gasteiger partial charge in [-0.25, -0.2) is 0 Å². The molecule has 0 atom stereocenters. The summed E-state index contributed by atoms with van der Waals surface area (Å²) in [6, 6.07) is 42.7. The second-order valence-corrected chi connectivity index (χ2v) is 8.51. The number of rotatable bonds is 6. The Kier molecular flexibility index (Phi) is 6.55. The lowest BCUT2D eigenvalue weighted by atomic mass is 9.79. The first-order valence-electron chi connectivity index (χ1n) is 11.7. The van der Waals surface area contributed by atoms with Crippen LogP contribution in [-0.2, 0) is 6.18 Å². The van der Waals surface area contributed by atoms with Crippen LogP contribution in [-0.4, -0.2) is 0 Å². The average molecular weight is 477 g/mol. The summed E-state index contributed by atoms with van der Waals surface area (Å²) in [7, 11) is 0. The molecule has 0 saturated carbocycles. The summed E-state index contributed by atoms with van der Waals surface area (Å²) in [4.78, 5) is 0. The highest BCUT2D eigenvalue weighted by molar-refractivity contribution is 5.64. The molecule has 0 aromatic heterocycles. The summed E-state index contributed by atoms with van der Waals surface area (Å²) in [6.07, 6.45) is -4.50. The van der Waals surface area contributed by atoms with Crippen molar-refractivity contribution >= 4 is 0 Å². The fraction of sp³-hybridized carbons (Fsp3) is 0.0303. The maximum Gasteiger partial charge on any atom is 0.416 e. The molecule has 0 aliphatic heterocycles. The van der Waals surface area contributed by atoms with Gasteiger partial charge in [-0.2, -0.15) is 13.2 Å². The van der Waals surface area contributed by atoms with Crippen LogP contribution in [0.5, 0.6) is 0 Å². The molecule has 0 N–H and O–H groups in total. The van der Waals surface area contributed by atoms with Crippen LogP contribution in [0, 0.1) is 11.8 Å². The Balaban J connectivity index is 1.76. The van der Waals surface area contributed by atoms with Gasteiger partial charge in [0.15, 0.2) is 0 Å². The van der Waals surface area contributed by atoms with Gasteiger partial charge < -0.3 is 0 Å². The summed E-state index contributed by atoms with van der Waals surface area (Å²) in [5, 5.41) is 0. The molecule has 36 heavy (non-hydrogen) atoms. The van der Waals surface area contributed by atoms with Crippen LogP contribution in [0.25, 0.3) is 0 Å². The van der Waals surface area contributed by atoms with E-state index in [1.165, 1.54) is 12.1 Å². The first-order valence-corrected chi connectivity index (χ1v) is 11.7. The number of alkyl halides is 3. The Bertz CT molecular complexity index is 1210. The first kappa shape index (κ1) is 23.4. The standard InChI is InChI=1S/C33H23F3/c34-33(35,36)30-22-28(31(24-13-5-1-6-14-24)25-15-7-2-8-16-25)21-29(23-30)32(26-17-9-3-10-18-26)27-19-11-4-12-20-27/h1-23H. The predicted octanol–water partition coefficient (Wildman–Crippen LogP) is 8.74. The quantitative estimate of drug-likeness (QED) is 0.170. The number of halogens is 3. The Labute approximate surface area is 209 Å². The Morgan fingerprint density at radius 2 is 0.861 bits per heavy atom. The highest BCUT2D eigenvalue weighted by Gasteiger charge is 2.33. The molecule has 0 radical (unpaired) electrons. The molecule has 5 aromatic carbocycles. The van der Waals surface area contributed by atoms with E-state index in [1.807, 2.05) is 127 Å². The van der Waals surface area contributed by atoms with E-state index in [9.17, 15) is 13.2 Å². The van der Waals surface area contributed by atoms with Crippen molar-refractivity contribution < 1.29 is 13.2 Å². The maximum absolute atomic E-state index is 14.3. The van der Waals surface area contributed by atoms with Crippen LogP contribution in [0.3, 0.4) is 0 Å². The predicted molar refractivity (Wildman–Crippen MR) is 138 cm³/mol. The van der Waals surface area contributed by atoms with Crippen LogP contribution < -0.4 is 0 Å². The molecule has 0 heterocycles. The number of hydrogen-bond donors (Lipinski definition) is 0.